The molecule has 0 saturated carbocycles. The molecule has 0 radical (unpaired) electrons. The number of carbonyl (C=O) groups is 1. The van der Waals surface area contributed by atoms with Crippen molar-refractivity contribution in [2.24, 2.45) is 0 Å². The van der Waals surface area contributed by atoms with Crippen molar-refractivity contribution in [2.75, 3.05) is 19.7 Å². The van der Waals surface area contributed by atoms with Crippen LogP contribution in [0.4, 0.5) is 0 Å². The van der Waals surface area contributed by atoms with Gasteiger partial charge in [-0.1, -0.05) is 30.3 Å². The summed E-state index contributed by atoms with van der Waals surface area (Å²) in [5.74, 6) is 1.16. The van der Waals surface area contributed by atoms with E-state index >= 15 is 0 Å². The zero-order valence-electron chi connectivity index (χ0n) is 15.4. The highest BCUT2D eigenvalue weighted by atomic mass is 16.5. The maximum absolute atomic E-state index is 12.6. The molecule has 0 bridgehead atoms. The summed E-state index contributed by atoms with van der Waals surface area (Å²) >= 11 is 0. The SMILES string of the molecule is CCOC(=O)C1=C(C)OC(N2CCCCC2)=C(C)[C@@H]1c1ccccc1. The standard InChI is InChI=1S/C21H27NO3/c1-4-24-21(23)19-16(3)25-20(22-13-9-6-10-14-22)15(2)18(19)17-11-7-5-8-12-17/h5,7-8,11-12,18H,4,6,9-10,13-14H2,1-3H3/t18-/m1/s1. The van der Waals surface area contributed by atoms with Gasteiger partial charge in [0.25, 0.3) is 0 Å². The van der Waals surface area contributed by atoms with E-state index in [9.17, 15) is 4.79 Å². The normalized spacial score (nSPS) is 21.2. The molecule has 2 heterocycles. The first kappa shape index (κ1) is 17.6. The first-order valence-corrected chi connectivity index (χ1v) is 9.20. The number of nitrogens with zero attached hydrogens (tertiary/aromatic N) is 1. The van der Waals surface area contributed by atoms with Gasteiger partial charge in [0.1, 0.15) is 5.76 Å². The van der Waals surface area contributed by atoms with Crippen LogP contribution in [-0.2, 0) is 14.3 Å². The van der Waals surface area contributed by atoms with Gasteiger partial charge in [-0.2, -0.15) is 0 Å². The second-order valence-corrected chi connectivity index (χ2v) is 6.67. The quantitative estimate of drug-likeness (QED) is 0.763. The number of carbonyl (C=O) groups excluding carboxylic acids is 1. The second kappa shape index (κ2) is 7.77. The topological polar surface area (TPSA) is 38.8 Å². The maximum atomic E-state index is 12.6. The van der Waals surface area contributed by atoms with Crippen LogP contribution in [0.2, 0.25) is 0 Å². The van der Waals surface area contributed by atoms with Gasteiger partial charge in [0, 0.05) is 19.0 Å². The molecule has 0 aromatic heterocycles. The van der Waals surface area contributed by atoms with Crippen LogP contribution >= 0.6 is 0 Å². The fourth-order valence-corrected chi connectivity index (χ4v) is 3.77. The summed E-state index contributed by atoms with van der Waals surface area (Å²) in [4.78, 5) is 14.9. The number of ether oxygens (including phenoxy) is 2. The summed E-state index contributed by atoms with van der Waals surface area (Å²) in [6, 6.07) is 10.2. The Kier molecular flexibility index (Phi) is 5.47. The molecule has 0 unspecified atom stereocenters. The molecule has 1 aromatic carbocycles. The van der Waals surface area contributed by atoms with Crippen LogP contribution in [0.15, 0.2) is 53.1 Å². The van der Waals surface area contributed by atoms with Crippen LogP contribution in [-0.4, -0.2) is 30.6 Å². The third kappa shape index (κ3) is 3.58. The lowest BCUT2D eigenvalue weighted by atomic mass is 9.83. The molecule has 25 heavy (non-hydrogen) atoms. The van der Waals surface area contributed by atoms with E-state index in [2.05, 4.69) is 24.0 Å². The van der Waals surface area contributed by atoms with Crippen molar-refractivity contribution >= 4 is 5.97 Å². The first-order chi connectivity index (χ1) is 12.1. The van der Waals surface area contributed by atoms with Gasteiger partial charge < -0.3 is 14.4 Å². The highest BCUT2D eigenvalue weighted by Crippen LogP contribution is 2.41. The molecule has 4 heteroatoms. The number of piperidine rings is 1. The van der Waals surface area contributed by atoms with Crippen LogP contribution < -0.4 is 0 Å². The van der Waals surface area contributed by atoms with Gasteiger partial charge in [-0.25, -0.2) is 4.79 Å². The van der Waals surface area contributed by atoms with E-state index in [0.29, 0.717) is 17.9 Å². The van der Waals surface area contributed by atoms with Gasteiger partial charge in [0.05, 0.1) is 12.2 Å². The molecule has 3 rings (SSSR count). The fourth-order valence-electron chi connectivity index (χ4n) is 3.77. The van der Waals surface area contributed by atoms with Crippen molar-refractivity contribution in [1.29, 1.82) is 0 Å². The van der Waals surface area contributed by atoms with E-state index in [1.807, 2.05) is 32.0 Å². The summed E-state index contributed by atoms with van der Waals surface area (Å²) in [5.41, 5.74) is 2.80. The molecule has 0 spiro atoms. The van der Waals surface area contributed by atoms with E-state index < -0.39 is 0 Å². The van der Waals surface area contributed by atoms with Crippen LogP contribution in [0.3, 0.4) is 0 Å². The maximum Gasteiger partial charge on any atom is 0.338 e. The van der Waals surface area contributed by atoms with E-state index in [4.69, 9.17) is 9.47 Å². The molecule has 1 saturated heterocycles. The minimum Gasteiger partial charge on any atom is -0.463 e. The van der Waals surface area contributed by atoms with Gasteiger partial charge in [-0.3, -0.25) is 0 Å². The molecular weight excluding hydrogens is 314 g/mol. The largest absolute Gasteiger partial charge is 0.463 e. The Bertz CT molecular complexity index is 684. The van der Waals surface area contributed by atoms with Crippen LogP contribution in [0.25, 0.3) is 0 Å². The minimum absolute atomic E-state index is 0.120. The number of likely N-dealkylation sites (tertiary alicyclic amines) is 1. The van der Waals surface area contributed by atoms with E-state index in [0.717, 1.165) is 30.1 Å². The molecular formula is C21H27NO3. The van der Waals surface area contributed by atoms with Gasteiger partial charge in [-0.05, 0) is 51.2 Å². The van der Waals surface area contributed by atoms with Crippen molar-refractivity contribution in [3.63, 3.8) is 0 Å². The summed E-state index contributed by atoms with van der Waals surface area (Å²) in [5, 5.41) is 0. The Labute approximate surface area is 150 Å². The molecule has 0 aliphatic carbocycles. The Morgan fingerprint density at radius 1 is 1.16 bits per heavy atom. The average molecular weight is 341 g/mol. The molecule has 1 atom stereocenters. The fraction of sp³-hybridized carbons (Fsp3) is 0.476. The van der Waals surface area contributed by atoms with Crippen molar-refractivity contribution in [3.8, 4) is 0 Å². The lowest BCUT2D eigenvalue weighted by Gasteiger charge is -2.37. The summed E-state index contributed by atoms with van der Waals surface area (Å²) in [6.07, 6.45) is 3.64. The highest BCUT2D eigenvalue weighted by Gasteiger charge is 2.36. The van der Waals surface area contributed by atoms with Crippen molar-refractivity contribution < 1.29 is 14.3 Å². The average Bonchev–Trinajstić information content (AvgIpc) is 2.64. The van der Waals surface area contributed by atoms with Gasteiger partial charge in [-0.15, -0.1) is 0 Å². The molecule has 4 nitrogen and oxygen atoms in total. The van der Waals surface area contributed by atoms with Crippen LogP contribution in [0.5, 0.6) is 0 Å². The zero-order valence-corrected chi connectivity index (χ0v) is 15.4. The molecule has 0 amide bonds. The molecule has 2 aliphatic heterocycles. The molecule has 0 N–H and O–H groups in total. The number of rotatable bonds is 4. The Morgan fingerprint density at radius 2 is 1.84 bits per heavy atom. The van der Waals surface area contributed by atoms with E-state index in [1.54, 1.807) is 0 Å². The summed E-state index contributed by atoms with van der Waals surface area (Å²) in [6.45, 7) is 8.16. The Hall–Kier alpha value is -2.23. The lowest BCUT2D eigenvalue weighted by molar-refractivity contribution is -0.139. The number of hydrogen-bond donors (Lipinski definition) is 0. The van der Waals surface area contributed by atoms with Crippen LogP contribution in [0, 0.1) is 0 Å². The predicted molar refractivity (Wildman–Crippen MR) is 97.7 cm³/mol. The van der Waals surface area contributed by atoms with Crippen molar-refractivity contribution in [3.05, 3.63) is 58.7 Å². The van der Waals surface area contributed by atoms with E-state index in [-0.39, 0.29) is 11.9 Å². The number of benzene rings is 1. The highest BCUT2D eigenvalue weighted by molar-refractivity contribution is 5.92. The molecule has 2 aliphatic rings. The summed E-state index contributed by atoms with van der Waals surface area (Å²) in [7, 11) is 0. The smallest absolute Gasteiger partial charge is 0.338 e. The van der Waals surface area contributed by atoms with Gasteiger partial charge in [0.2, 0.25) is 0 Å². The molecule has 1 aromatic rings. The molecule has 1 fully saturated rings. The Morgan fingerprint density at radius 3 is 2.48 bits per heavy atom. The summed E-state index contributed by atoms with van der Waals surface area (Å²) < 4.78 is 11.5. The third-order valence-electron chi connectivity index (χ3n) is 4.96. The predicted octanol–water partition coefficient (Wildman–Crippen LogP) is 4.35. The third-order valence-corrected chi connectivity index (χ3v) is 4.96. The Balaban J connectivity index is 2.04. The number of allylic oxidation sites excluding steroid dienone is 2. The minimum atomic E-state index is -0.286. The van der Waals surface area contributed by atoms with Crippen LogP contribution in [0.1, 0.15) is 51.5 Å². The monoisotopic (exact) mass is 341 g/mol. The number of hydrogen-bond acceptors (Lipinski definition) is 4. The van der Waals surface area contributed by atoms with Gasteiger partial charge in [0.15, 0.2) is 5.88 Å². The van der Waals surface area contributed by atoms with Crippen molar-refractivity contribution in [2.45, 2.75) is 46.0 Å². The van der Waals surface area contributed by atoms with Crippen molar-refractivity contribution in [1.82, 2.24) is 4.90 Å². The first-order valence-electron chi connectivity index (χ1n) is 9.20. The lowest BCUT2D eigenvalue weighted by Crippen LogP contribution is -2.34. The molecule has 134 valence electrons. The number of esters is 1. The zero-order chi connectivity index (χ0) is 17.8. The van der Waals surface area contributed by atoms with Gasteiger partial charge >= 0.3 is 5.97 Å². The van der Waals surface area contributed by atoms with E-state index in [1.165, 1.54) is 19.3 Å². The second-order valence-electron chi connectivity index (χ2n) is 6.67.